The van der Waals surface area contributed by atoms with Crippen LogP contribution in [0, 0.1) is 12.7 Å². The first-order chi connectivity index (χ1) is 13.7. The fourth-order valence-electron chi connectivity index (χ4n) is 2.85. The van der Waals surface area contributed by atoms with Gasteiger partial charge in [-0.1, -0.05) is 11.6 Å². The largest absolute Gasteiger partial charge is 0.398 e. The lowest BCUT2D eigenvalue weighted by Gasteiger charge is -2.30. The Labute approximate surface area is 175 Å². The number of hydrogen-bond donors (Lipinski definition) is 0. The van der Waals surface area contributed by atoms with E-state index in [1.807, 2.05) is 4.90 Å². The van der Waals surface area contributed by atoms with E-state index in [-0.39, 0.29) is 5.69 Å². The highest BCUT2D eigenvalue weighted by Gasteiger charge is 2.28. The lowest BCUT2D eigenvalue weighted by atomic mass is 10.1. The van der Waals surface area contributed by atoms with Gasteiger partial charge in [0.15, 0.2) is 0 Å². The highest BCUT2D eigenvalue weighted by atomic mass is 35.5. The average molecular weight is 447 g/mol. The van der Waals surface area contributed by atoms with Crippen molar-refractivity contribution < 1.29 is 22.3 Å². The molecule has 1 fully saturated rings. The van der Waals surface area contributed by atoms with Gasteiger partial charge >= 0.3 is 6.18 Å². The molecular formula is C20H19ClF4N2OS. The third-order valence-electron chi connectivity index (χ3n) is 4.28. The molecule has 0 aliphatic carbocycles. The number of aliphatic imine (C=N–C) groups is 1. The van der Waals surface area contributed by atoms with Crippen LogP contribution in [0.3, 0.4) is 0 Å². The van der Waals surface area contributed by atoms with Crippen molar-refractivity contribution in [3.05, 3.63) is 58.4 Å². The van der Waals surface area contributed by atoms with Gasteiger partial charge in [-0.25, -0.2) is 9.38 Å². The van der Waals surface area contributed by atoms with Gasteiger partial charge in [-0.15, -0.1) is 11.8 Å². The van der Waals surface area contributed by atoms with Crippen LogP contribution in [0.2, 0.25) is 5.02 Å². The van der Waals surface area contributed by atoms with Crippen molar-refractivity contribution in [2.45, 2.75) is 18.0 Å². The SMILES string of the molecule is Cc1cc(F)c(N=C(c2ccc(Cl)cc2)N2CCOCC2)cc1SCC(F)(F)F. The predicted octanol–water partition coefficient (Wildman–Crippen LogP) is 5.85. The average Bonchev–Trinajstić information content (AvgIpc) is 2.67. The third kappa shape index (κ3) is 6.10. The fraction of sp³-hybridized carbons (Fsp3) is 0.350. The van der Waals surface area contributed by atoms with E-state index >= 15 is 0 Å². The summed E-state index contributed by atoms with van der Waals surface area (Å²) >= 11 is 6.59. The summed E-state index contributed by atoms with van der Waals surface area (Å²) in [6.07, 6.45) is -4.31. The first-order valence-electron chi connectivity index (χ1n) is 8.90. The van der Waals surface area contributed by atoms with Crippen molar-refractivity contribution in [3.63, 3.8) is 0 Å². The molecule has 9 heteroatoms. The van der Waals surface area contributed by atoms with E-state index in [1.165, 1.54) is 12.1 Å². The number of hydrogen-bond acceptors (Lipinski definition) is 3. The Kier molecular flexibility index (Phi) is 7.08. The summed E-state index contributed by atoms with van der Waals surface area (Å²) in [6.45, 7) is 3.75. The van der Waals surface area contributed by atoms with E-state index in [0.717, 1.165) is 5.56 Å². The van der Waals surface area contributed by atoms with Crippen molar-refractivity contribution in [2.75, 3.05) is 32.1 Å². The van der Waals surface area contributed by atoms with E-state index < -0.39 is 17.7 Å². The number of alkyl halides is 3. The van der Waals surface area contributed by atoms with E-state index in [9.17, 15) is 17.6 Å². The number of amidine groups is 1. The second kappa shape index (κ2) is 9.36. The molecule has 29 heavy (non-hydrogen) atoms. The molecule has 2 aromatic rings. The van der Waals surface area contributed by atoms with E-state index in [0.29, 0.717) is 59.4 Å². The van der Waals surface area contributed by atoms with Crippen LogP contribution in [0.4, 0.5) is 23.2 Å². The minimum absolute atomic E-state index is 0.00304. The lowest BCUT2D eigenvalue weighted by molar-refractivity contribution is -0.105. The van der Waals surface area contributed by atoms with Crippen molar-refractivity contribution in [2.24, 2.45) is 4.99 Å². The number of nitrogens with zero attached hydrogens (tertiary/aromatic N) is 2. The summed E-state index contributed by atoms with van der Waals surface area (Å²) < 4.78 is 57.8. The van der Waals surface area contributed by atoms with Crippen molar-refractivity contribution in [3.8, 4) is 0 Å². The number of morpholine rings is 1. The molecule has 0 radical (unpaired) electrons. The van der Waals surface area contributed by atoms with Crippen LogP contribution in [-0.2, 0) is 4.74 Å². The molecule has 0 unspecified atom stereocenters. The number of thioether (sulfide) groups is 1. The lowest BCUT2D eigenvalue weighted by Crippen LogP contribution is -2.41. The molecule has 1 aliphatic rings. The van der Waals surface area contributed by atoms with Crippen LogP contribution in [0.1, 0.15) is 11.1 Å². The van der Waals surface area contributed by atoms with E-state index in [1.54, 1.807) is 31.2 Å². The molecule has 3 rings (SSSR count). The maximum absolute atomic E-state index is 14.6. The normalized spacial score (nSPS) is 15.7. The molecule has 1 saturated heterocycles. The topological polar surface area (TPSA) is 24.8 Å². The summed E-state index contributed by atoms with van der Waals surface area (Å²) in [4.78, 5) is 6.82. The minimum atomic E-state index is -4.31. The molecule has 0 bridgehead atoms. The molecule has 0 saturated carbocycles. The molecule has 156 valence electrons. The van der Waals surface area contributed by atoms with Crippen molar-refractivity contribution in [1.82, 2.24) is 4.90 Å². The van der Waals surface area contributed by atoms with Gasteiger partial charge in [-0.2, -0.15) is 13.2 Å². The van der Waals surface area contributed by atoms with Gasteiger partial charge in [0.05, 0.1) is 19.0 Å². The fourth-order valence-corrected chi connectivity index (χ4v) is 3.78. The molecule has 0 spiro atoms. The number of rotatable bonds is 4. The molecule has 2 aromatic carbocycles. The van der Waals surface area contributed by atoms with E-state index in [2.05, 4.69) is 4.99 Å². The molecule has 0 atom stereocenters. The van der Waals surface area contributed by atoms with Gasteiger partial charge < -0.3 is 9.64 Å². The Morgan fingerprint density at radius 1 is 1.17 bits per heavy atom. The van der Waals surface area contributed by atoms with Crippen LogP contribution in [0.5, 0.6) is 0 Å². The molecule has 3 nitrogen and oxygen atoms in total. The Balaban J connectivity index is 2.00. The highest BCUT2D eigenvalue weighted by molar-refractivity contribution is 7.99. The Morgan fingerprint density at radius 3 is 2.45 bits per heavy atom. The maximum atomic E-state index is 14.6. The van der Waals surface area contributed by atoms with E-state index in [4.69, 9.17) is 16.3 Å². The zero-order valence-corrected chi connectivity index (χ0v) is 17.2. The molecule has 1 heterocycles. The molecule has 0 N–H and O–H groups in total. The smallest absolute Gasteiger partial charge is 0.378 e. The molecule has 0 aromatic heterocycles. The zero-order chi connectivity index (χ0) is 21.0. The predicted molar refractivity (Wildman–Crippen MR) is 108 cm³/mol. The summed E-state index contributed by atoms with van der Waals surface area (Å²) in [6, 6.07) is 9.57. The quantitative estimate of drug-likeness (QED) is 0.255. The van der Waals surface area contributed by atoms with Crippen LogP contribution in [0.15, 0.2) is 46.3 Å². The van der Waals surface area contributed by atoms with Gasteiger partial charge in [-0.05, 0) is 48.9 Å². The third-order valence-corrected chi connectivity index (χ3v) is 5.75. The van der Waals surface area contributed by atoms with Crippen LogP contribution < -0.4 is 0 Å². The first kappa shape index (κ1) is 21.9. The van der Waals surface area contributed by atoms with Crippen molar-refractivity contribution >= 4 is 34.9 Å². The summed E-state index contributed by atoms with van der Waals surface area (Å²) in [5.41, 5.74) is 1.17. The highest BCUT2D eigenvalue weighted by Crippen LogP contribution is 2.34. The van der Waals surface area contributed by atoms with Gasteiger partial charge in [0, 0.05) is 28.6 Å². The second-order valence-electron chi connectivity index (χ2n) is 6.51. The van der Waals surface area contributed by atoms with Crippen LogP contribution in [0.25, 0.3) is 0 Å². The number of aryl methyl sites for hydroxylation is 1. The Morgan fingerprint density at radius 2 is 1.83 bits per heavy atom. The number of ether oxygens (including phenoxy) is 1. The van der Waals surface area contributed by atoms with Gasteiger partial charge in [0.2, 0.25) is 0 Å². The Hall–Kier alpha value is -1.77. The summed E-state index contributed by atoms with van der Waals surface area (Å²) in [5, 5.41) is 0.558. The standard InChI is InChI=1S/C20H19ClF4N2OS/c1-13-10-16(22)17(11-18(13)29-12-20(23,24)25)26-19(27-6-8-28-9-7-27)14-2-4-15(21)5-3-14/h2-5,10-11H,6-9,12H2,1H3. The van der Waals surface area contributed by atoms with Crippen molar-refractivity contribution in [1.29, 1.82) is 0 Å². The molecular weight excluding hydrogens is 428 g/mol. The summed E-state index contributed by atoms with van der Waals surface area (Å²) in [5.74, 6) is -1.10. The Bertz CT molecular complexity index is 881. The van der Waals surface area contributed by atoms with Crippen LogP contribution >= 0.6 is 23.4 Å². The van der Waals surface area contributed by atoms with Gasteiger partial charge in [0.1, 0.15) is 17.3 Å². The molecule has 1 aliphatic heterocycles. The minimum Gasteiger partial charge on any atom is -0.378 e. The zero-order valence-electron chi connectivity index (χ0n) is 15.6. The number of halogens is 5. The van der Waals surface area contributed by atoms with Crippen LogP contribution in [-0.4, -0.2) is 49.0 Å². The summed E-state index contributed by atoms with van der Waals surface area (Å²) in [7, 11) is 0. The first-order valence-corrected chi connectivity index (χ1v) is 10.3. The second-order valence-corrected chi connectivity index (χ2v) is 7.97. The van der Waals surface area contributed by atoms with Gasteiger partial charge in [-0.3, -0.25) is 0 Å². The van der Waals surface area contributed by atoms with Gasteiger partial charge in [0.25, 0.3) is 0 Å². The molecule has 0 amide bonds. The number of benzene rings is 2. The maximum Gasteiger partial charge on any atom is 0.398 e. The monoisotopic (exact) mass is 446 g/mol.